The minimum atomic E-state index is -5.11. The van der Waals surface area contributed by atoms with E-state index in [0.717, 1.165) is 10.8 Å². The maximum atomic E-state index is 12.7. The van der Waals surface area contributed by atoms with Gasteiger partial charge in [0.25, 0.3) is 0 Å². The van der Waals surface area contributed by atoms with Gasteiger partial charge in [-0.3, -0.25) is 19.9 Å². The Morgan fingerprint density at radius 3 is 2.47 bits per heavy atom. The monoisotopic (exact) mass is 619 g/mol. The molecule has 0 unspecified atom stereocenters. The number of unbranched alkanes of at least 4 members (excludes halogenated alkanes) is 1. The molecule has 2 aromatic carbocycles. The first-order valence-electron chi connectivity index (χ1n) is 13.1. The van der Waals surface area contributed by atoms with Crippen molar-refractivity contribution >= 4 is 51.8 Å². The summed E-state index contributed by atoms with van der Waals surface area (Å²) in [5.74, 6) is -1.69. The topological polar surface area (TPSA) is 149 Å². The van der Waals surface area contributed by atoms with Crippen molar-refractivity contribution in [3.05, 3.63) is 76.9 Å². The number of hydrogen-bond donors (Lipinski definition) is 3. The van der Waals surface area contributed by atoms with Crippen LogP contribution in [0.5, 0.6) is 0 Å². The minimum Gasteiger partial charge on any atom is -0.447 e. The molecule has 228 valence electrons. The summed E-state index contributed by atoms with van der Waals surface area (Å²) in [6.45, 7) is 1.09. The molecule has 0 radical (unpaired) electrons. The summed E-state index contributed by atoms with van der Waals surface area (Å²) >= 11 is 6.23. The molecule has 43 heavy (non-hydrogen) atoms. The number of hydrogen-bond acceptors (Lipinski definition) is 6. The van der Waals surface area contributed by atoms with Gasteiger partial charge in [0.15, 0.2) is 0 Å². The van der Waals surface area contributed by atoms with Gasteiger partial charge in [0.1, 0.15) is 12.4 Å². The van der Waals surface area contributed by atoms with Gasteiger partial charge in [0.05, 0.1) is 6.04 Å². The Morgan fingerprint density at radius 2 is 1.79 bits per heavy atom. The van der Waals surface area contributed by atoms with Gasteiger partial charge in [-0.2, -0.15) is 18.0 Å². The molecule has 0 aliphatic carbocycles. The number of amides is 3. The van der Waals surface area contributed by atoms with E-state index in [-0.39, 0.29) is 44.3 Å². The molecular formula is C28H29ClF3N7O4. The van der Waals surface area contributed by atoms with Crippen LogP contribution in [-0.2, 0) is 20.9 Å². The fourth-order valence-electron chi connectivity index (χ4n) is 4.08. The van der Waals surface area contributed by atoms with Gasteiger partial charge in [-0.15, -0.1) is 0 Å². The van der Waals surface area contributed by atoms with E-state index in [2.05, 4.69) is 15.7 Å². The van der Waals surface area contributed by atoms with Crippen molar-refractivity contribution in [2.45, 2.75) is 44.9 Å². The SMILES string of the molecule is CC(=O)N(NCc1ccccc1Cl)[C@@H](CCCCNC(=O)C(=[N+]=[N-])C(F)(F)F)COC(=O)Nc1cc2ccccc2cn1. The summed E-state index contributed by atoms with van der Waals surface area (Å²) in [7, 11) is 0. The summed E-state index contributed by atoms with van der Waals surface area (Å²) in [5, 5.41) is 8.12. The van der Waals surface area contributed by atoms with E-state index in [1.54, 1.807) is 36.5 Å². The predicted molar refractivity (Wildman–Crippen MR) is 153 cm³/mol. The molecule has 1 heterocycles. The number of fused-ring (bicyclic) bond motifs is 1. The van der Waals surface area contributed by atoms with Crippen molar-refractivity contribution < 1.29 is 37.1 Å². The first-order valence-corrected chi connectivity index (χ1v) is 13.5. The van der Waals surface area contributed by atoms with Crippen LogP contribution < -0.4 is 16.1 Å². The maximum absolute atomic E-state index is 12.7. The lowest BCUT2D eigenvalue weighted by molar-refractivity contribution is -0.137. The average molecular weight is 620 g/mol. The maximum Gasteiger partial charge on any atom is 0.501 e. The van der Waals surface area contributed by atoms with Crippen molar-refractivity contribution in [2.75, 3.05) is 18.5 Å². The molecule has 15 heteroatoms. The van der Waals surface area contributed by atoms with Crippen LogP contribution in [0.25, 0.3) is 16.3 Å². The van der Waals surface area contributed by atoms with Crippen molar-refractivity contribution in [1.82, 2.24) is 20.7 Å². The average Bonchev–Trinajstić information content (AvgIpc) is 2.95. The minimum absolute atomic E-state index is 0.164. The Hall–Kier alpha value is -4.52. The Kier molecular flexibility index (Phi) is 12.0. The Labute approximate surface area is 249 Å². The lowest BCUT2D eigenvalue weighted by atomic mass is 10.1. The number of hydrazine groups is 1. The van der Waals surface area contributed by atoms with Crippen LogP contribution in [0.2, 0.25) is 5.02 Å². The second-order valence-corrected chi connectivity index (χ2v) is 9.71. The highest BCUT2D eigenvalue weighted by Gasteiger charge is 2.49. The molecule has 0 spiro atoms. The molecule has 0 saturated carbocycles. The van der Waals surface area contributed by atoms with E-state index in [1.807, 2.05) is 34.4 Å². The zero-order valence-corrected chi connectivity index (χ0v) is 23.8. The smallest absolute Gasteiger partial charge is 0.447 e. The van der Waals surface area contributed by atoms with Crippen LogP contribution >= 0.6 is 11.6 Å². The molecule has 0 bridgehead atoms. The van der Waals surface area contributed by atoms with E-state index >= 15 is 0 Å². The largest absolute Gasteiger partial charge is 0.501 e. The highest BCUT2D eigenvalue weighted by Crippen LogP contribution is 2.18. The van der Waals surface area contributed by atoms with Crippen LogP contribution in [0.4, 0.5) is 23.8 Å². The molecule has 3 aromatic rings. The number of anilines is 1. The molecule has 0 aliphatic rings. The van der Waals surface area contributed by atoms with Gasteiger partial charge < -0.3 is 15.6 Å². The molecule has 3 rings (SSSR count). The molecule has 3 amide bonds. The van der Waals surface area contributed by atoms with E-state index in [1.165, 1.54) is 11.9 Å². The third-order valence-corrected chi connectivity index (χ3v) is 6.57. The zero-order valence-electron chi connectivity index (χ0n) is 23.0. The van der Waals surface area contributed by atoms with Gasteiger partial charge in [0, 0.05) is 36.6 Å². The van der Waals surface area contributed by atoms with E-state index in [9.17, 15) is 27.6 Å². The number of aromatic nitrogens is 1. The molecule has 3 N–H and O–H groups in total. The quantitative estimate of drug-likeness (QED) is 0.0816. The molecule has 0 saturated heterocycles. The number of halogens is 4. The van der Waals surface area contributed by atoms with Gasteiger partial charge in [0.2, 0.25) is 5.91 Å². The van der Waals surface area contributed by atoms with Gasteiger partial charge in [-0.25, -0.2) is 15.2 Å². The van der Waals surface area contributed by atoms with Crippen LogP contribution in [0.1, 0.15) is 31.7 Å². The predicted octanol–water partition coefficient (Wildman–Crippen LogP) is 4.88. The standard InChI is InChI=1S/C28H29ClF3N7O4/c1-18(40)39(36-16-21-10-4-5-12-23(21)29)22(11-6-7-13-34-26(41)25(38-33)28(30,31)32)17-43-27(42)37-24-14-19-8-2-3-9-20(19)15-35-24/h2-5,8-10,12,14-15,22,36H,6-7,11,13,16-17H2,1H3,(H,34,41)(H,35,37,42)/t22-/m0/s1. The number of carbonyl (C=O) groups excluding carboxylic acids is 3. The highest BCUT2D eigenvalue weighted by atomic mass is 35.5. The first kappa shape index (κ1) is 33.0. The van der Waals surface area contributed by atoms with Crippen molar-refractivity contribution in [3.63, 3.8) is 0 Å². The molecule has 1 atom stereocenters. The van der Waals surface area contributed by atoms with E-state index < -0.39 is 29.9 Å². The third kappa shape index (κ3) is 10.1. The Morgan fingerprint density at radius 1 is 1.09 bits per heavy atom. The van der Waals surface area contributed by atoms with E-state index in [0.29, 0.717) is 17.0 Å². The molecule has 1 aromatic heterocycles. The van der Waals surface area contributed by atoms with Gasteiger partial charge in [-0.05, 0) is 42.3 Å². The van der Waals surface area contributed by atoms with Gasteiger partial charge >= 0.3 is 23.9 Å². The first-order chi connectivity index (χ1) is 20.5. The van der Waals surface area contributed by atoms with Crippen molar-refractivity contribution in [3.8, 4) is 0 Å². The lowest BCUT2D eigenvalue weighted by Crippen LogP contribution is -2.50. The van der Waals surface area contributed by atoms with Crippen LogP contribution in [0.3, 0.4) is 0 Å². The summed E-state index contributed by atoms with van der Waals surface area (Å²) in [4.78, 5) is 43.1. The zero-order chi connectivity index (χ0) is 31.4. The number of rotatable bonds is 13. The second-order valence-electron chi connectivity index (χ2n) is 9.31. The highest BCUT2D eigenvalue weighted by molar-refractivity contribution is 6.38. The number of carbonyl (C=O) groups is 3. The summed E-state index contributed by atoms with van der Waals surface area (Å²) in [5.41, 5.74) is 10.3. The van der Waals surface area contributed by atoms with Gasteiger partial charge in [-0.1, -0.05) is 54.1 Å². The fourth-order valence-corrected chi connectivity index (χ4v) is 4.29. The Bertz CT molecular complexity index is 1500. The molecule has 0 fully saturated rings. The summed E-state index contributed by atoms with van der Waals surface area (Å²) < 4.78 is 43.6. The van der Waals surface area contributed by atoms with Crippen LogP contribution in [0, 0.1) is 0 Å². The normalized spacial score (nSPS) is 11.7. The number of alkyl halides is 3. The molecule has 11 nitrogen and oxygen atoms in total. The van der Waals surface area contributed by atoms with Crippen LogP contribution in [-0.4, -0.2) is 63.8 Å². The molecular weight excluding hydrogens is 591 g/mol. The lowest BCUT2D eigenvalue weighted by Gasteiger charge is -2.31. The number of pyridine rings is 1. The number of nitrogens with one attached hydrogen (secondary N) is 3. The third-order valence-electron chi connectivity index (χ3n) is 6.20. The van der Waals surface area contributed by atoms with E-state index in [4.69, 9.17) is 21.9 Å². The Balaban J connectivity index is 1.63. The number of nitrogens with zero attached hydrogens (tertiary/aromatic N) is 4. The fraction of sp³-hybridized carbons (Fsp3) is 0.321. The number of benzene rings is 2. The second kappa shape index (κ2) is 15.6. The van der Waals surface area contributed by atoms with Crippen LogP contribution in [0.15, 0.2) is 60.8 Å². The summed E-state index contributed by atoms with van der Waals surface area (Å²) in [6.07, 6.45) is -3.55. The van der Waals surface area contributed by atoms with Crippen molar-refractivity contribution in [2.24, 2.45) is 0 Å². The number of ether oxygens (including phenoxy) is 1. The summed E-state index contributed by atoms with van der Waals surface area (Å²) in [6, 6.07) is 15.5. The molecule has 0 aliphatic heterocycles. The van der Waals surface area contributed by atoms with Crippen molar-refractivity contribution in [1.29, 1.82) is 0 Å².